The van der Waals surface area contributed by atoms with Crippen molar-refractivity contribution in [1.29, 1.82) is 0 Å². The molecule has 6 heteroatoms. The molecule has 0 spiro atoms. The Labute approximate surface area is 120 Å². The molecule has 3 aromatic rings. The number of benzene rings is 2. The molecule has 0 fully saturated rings. The number of fused-ring (bicyclic) bond motifs is 1. The van der Waals surface area contributed by atoms with E-state index in [4.69, 9.17) is 9.15 Å². The standard InChI is InChI=1S/C15H14N2O4/c1-20-14-6-9(2-4-12(14)18)8-16-10-3-5-13-11(7-10)17-15(19)21-13/h2-7,16,18H,8H2,1H3,(H,17,19). The third-order valence-electron chi connectivity index (χ3n) is 3.16. The highest BCUT2D eigenvalue weighted by molar-refractivity contribution is 5.76. The number of H-pyrrole nitrogens is 1. The van der Waals surface area contributed by atoms with Gasteiger partial charge in [0.15, 0.2) is 17.1 Å². The lowest BCUT2D eigenvalue weighted by molar-refractivity contribution is 0.373. The summed E-state index contributed by atoms with van der Waals surface area (Å²) in [6.45, 7) is 0.560. The van der Waals surface area contributed by atoms with Crippen molar-refractivity contribution < 1.29 is 14.3 Å². The number of anilines is 1. The van der Waals surface area contributed by atoms with Gasteiger partial charge in [-0.15, -0.1) is 0 Å². The number of aromatic nitrogens is 1. The van der Waals surface area contributed by atoms with Crippen molar-refractivity contribution in [3.05, 3.63) is 52.5 Å². The summed E-state index contributed by atoms with van der Waals surface area (Å²) in [6, 6.07) is 10.5. The molecule has 3 N–H and O–H groups in total. The van der Waals surface area contributed by atoms with Gasteiger partial charge in [0.05, 0.1) is 12.6 Å². The van der Waals surface area contributed by atoms with Crippen LogP contribution in [0.2, 0.25) is 0 Å². The summed E-state index contributed by atoms with van der Waals surface area (Å²) >= 11 is 0. The molecule has 0 saturated carbocycles. The first-order valence-electron chi connectivity index (χ1n) is 6.38. The van der Waals surface area contributed by atoms with Gasteiger partial charge in [-0.05, 0) is 35.9 Å². The Morgan fingerprint density at radius 1 is 1.29 bits per heavy atom. The molecule has 3 rings (SSSR count). The minimum absolute atomic E-state index is 0.110. The average Bonchev–Trinajstić information content (AvgIpc) is 2.85. The summed E-state index contributed by atoms with van der Waals surface area (Å²) in [5, 5.41) is 12.8. The smallest absolute Gasteiger partial charge is 0.417 e. The fraction of sp³-hybridized carbons (Fsp3) is 0.133. The highest BCUT2D eigenvalue weighted by atomic mass is 16.5. The second-order valence-corrected chi connectivity index (χ2v) is 4.59. The Hall–Kier alpha value is -2.89. The normalized spacial score (nSPS) is 10.7. The van der Waals surface area contributed by atoms with Gasteiger partial charge >= 0.3 is 5.76 Å². The maximum atomic E-state index is 11.1. The minimum Gasteiger partial charge on any atom is -0.504 e. The number of aromatic hydroxyl groups is 1. The monoisotopic (exact) mass is 286 g/mol. The zero-order valence-electron chi connectivity index (χ0n) is 11.3. The molecule has 0 atom stereocenters. The Bertz CT molecular complexity index is 835. The van der Waals surface area contributed by atoms with Crippen molar-refractivity contribution in [1.82, 2.24) is 4.98 Å². The highest BCUT2D eigenvalue weighted by Gasteiger charge is 2.04. The third kappa shape index (κ3) is 2.69. The molecule has 108 valence electrons. The average molecular weight is 286 g/mol. The molecular formula is C15H14N2O4. The molecule has 0 aliphatic rings. The first-order chi connectivity index (χ1) is 10.2. The number of aromatic amines is 1. The summed E-state index contributed by atoms with van der Waals surface area (Å²) in [4.78, 5) is 13.7. The number of hydrogen-bond donors (Lipinski definition) is 3. The predicted octanol–water partition coefficient (Wildman–Crippen LogP) is 2.45. The summed E-state index contributed by atoms with van der Waals surface area (Å²) in [6.07, 6.45) is 0. The Kier molecular flexibility index (Phi) is 3.27. The number of phenolic OH excluding ortho intramolecular Hbond substituents is 1. The zero-order chi connectivity index (χ0) is 14.8. The van der Waals surface area contributed by atoms with Crippen LogP contribution in [0.5, 0.6) is 11.5 Å². The second-order valence-electron chi connectivity index (χ2n) is 4.59. The van der Waals surface area contributed by atoms with Crippen LogP contribution in [0.3, 0.4) is 0 Å². The fourth-order valence-corrected chi connectivity index (χ4v) is 2.10. The maximum Gasteiger partial charge on any atom is 0.417 e. The number of nitrogens with one attached hydrogen (secondary N) is 2. The van der Waals surface area contributed by atoms with Crippen LogP contribution < -0.4 is 15.8 Å². The lowest BCUT2D eigenvalue weighted by Crippen LogP contribution is -1.99. The molecule has 1 aromatic heterocycles. The molecule has 0 amide bonds. The van der Waals surface area contributed by atoms with Crippen LogP contribution in [0.4, 0.5) is 5.69 Å². The van der Waals surface area contributed by atoms with Crippen molar-refractivity contribution in [2.24, 2.45) is 0 Å². The van der Waals surface area contributed by atoms with E-state index in [-0.39, 0.29) is 5.75 Å². The van der Waals surface area contributed by atoms with Crippen molar-refractivity contribution >= 4 is 16.8 Å². The topological polar surface area (TPSA) is 87.5 Å². The van der Waals surface area contributed by atoms with Crippen molar-refractivity contribution in [2.45, 2.75) is 6.54 Å². The van der Waals surface area contributed by atoms with E-state index < -0.39 is 5.76 Å². The van der Waals surface area contributed by atoms with Crippen LogP contribution in [0.15, 0.2) is 45.6 Å². The van der Waals surface area contributed by atoms with E-state index in [0.717, 1.165) is 11.3 Å². The molecule has 1 heterocycles. The van der Waals surface area contributed by atoms with Crippen LogP contribution in [0.1, 0.15) is 5.56 Å². The maximum absolute atomic E-state index is 11.1. The van der Waals surface area contributed by atoms with E-state index in [0.29, 0.717) is 23.4 Å². The highest BCUT2D eigenvalue weighted by Crippen LogP contribution is 2.26. The molecule has 0 unspecified atom stereocenters. The van der Waals surface area contributed by atoms with Gasteiger partial charge in [-0.25, -0.2) is 4.79 Å². The van der Waals surface area contributed by atoms with Crippen LogP contribution in [0, 0.1) is 0 Å². The van der Waals surface area contributed by atoms with E-state index in [9.17, 15) is 9.90 Å². The second kappa shape index (κ2) is 5.24. The van der Waals surface area contributed by atoms with Gasteiger partial charge in [0.25, 0.3) is 0 Å². The van der Waals surface area contributed by atoms with Gasteiger partial charge in [0.1, 0.15) is 0 Å². The third-order valence-corrected chi connectivity index (χ3v) is 3.16. The molecule has 0 aliphatic heterocycles. The Morgan fingerprint density at radius 3 is 2.95 bits per heavy atom. The SMILES string of the molecule is COc1cc(CNc2ccc3oc(=O)[nH]c3c2)ccc1O. The summed E-state index contributed by atoms with van der Waals surface area (Å²) < 4.78 is 10.0. The summed E-state index contributed by atoms with van der Waals surface area (Å²) in [7, 11) is 1.51. The summed E-state index contributed by atoms with van der Waals surface area (Å²) in [5.41, 5.74) is 2.99. The van der Waals surface area contributed by atoms with E-state index in [2.05, 4.69) is 10.3 Å². The molecule has 21 heavy (non-hydrogen) atoms. The number of phenols is 1. The number of rotatable bonds is 4. The molecular weight excluding hydrogens is 272 g/mol. The van der Waals surface area contributed by atoms with Gasteiger partial charge in [-0.3, -0.25) is 4.98 Å². The van der Waals surface area contributed by atoms with Gasteiger partial charge in [-0.1, -0.05) is 6.07 Å². The van der Waals surface area contributed by atoms with Crippen LogP contribution >= 0.6 is 0 Å². The molecule has 2 aromatic carbocycles. The molecule has 0 saturated heterocycles. The summed E-state index contributed by atoms with van der Waals surface area (Å²) in [5.74, 6) is 0.0768. The number of ether oxygens (including phenoxy) is 1. The van der Waals surface area contributed by atoms with Gasteiger partial charge in [0, 0.05) is 12.2 Å². The van der Waals surface area contributed by atoms with Crippen LogP contribution in [0.25, 0.3) is 11.1 Å². The Morgan fingerprint density at radius 2 is 2.14 bits per heavy atom. The Balaban J connectivity index is 1.78. The lowest BCUT2D eigenvalue weighted by Gasteiger charge is -2.09. The lowest BCUT2D eigenvalue weighted by atomic mass is 10.2. The van der Waals surface area contributed by atoms with Gasteiger partial charge in [0.2, 0.25) is 0 Å². The molecule has 6 nitrogen and oxygen atoms in total. The van der Waals surface area contributed by atoms with E-state index >= 15 is 0 Å². The van der Waals surface area contributed by atoms with Crippen molar-refractivity contribution in [2.75, 3.05) is 12.4 Å². The molecule has 0 radical (unpaired) electrons. The van der Waals surface area contributed by atoms with E-state index in [1.54, 1.807) is 24.3 Å². The molecule has 0 aliphatic carbocycles. The predicted molar refractivity (Wildman–Crippen MR) is 78.8 cm³/mol. The number of methoxy groups -OCH3 is 1. The number of oxazole rings is 1. The quantitative estimate of drug-likeness (QED) is 0.685. The van der Waals surface area contributed by atoms with Crippen LogP contribution in [-0.4, -0.2) is 17.2 Å². The van der Waals surface area contributed by atoms with Gasteiger partial charge < -0.3 is 19.6 Å². The van der Waals surface area contributed by atoms with E-state index in [1.807, 2.05) is 12.1 Å². The number of hydrogen-bond acceptors (Lipinski definition) is 5. The largest absolute Gasteiger partial charge is 0.504 e. The van der Waals surface area contributed by atoms with Crippen molar-refractivity contribution in [3.63, 3.8) is 0 Å². The van der Waals surface area contributed by atoms with Crippen LogP contribution in [-0.2, 0) is 6.54 Å². The first kappa shape index (κ1) is 13.1. The zero-order valence-corrected chi connectivity index (χ0v) is 11.3. The van der Waals surface area contributed by atoms with Gasteiger partial charge in [-0.2, -0.15) is 0 Å². The van der Waals surface area contributed by atoms with Crippen molar-refractivity contribution in [3.8, 4) is 11.5 Å². The fourth-order valence-electron chi connectivity index (χ4n) is 2.10. The molecule has 0 bridgehead atoms. The minimum atomic E-state index is -0.467. The first-order valence-corrected chi connectivity index (χ1v) is 6.38. The van der Waals surface area contributed by atoms with E-state index in [1.165, 1.54) is 7.11 Å².